The molecule has 4 rings (SSSR count). The fourth-order valence-corrected chi connectivity index (χ4v) is 2.96. The van der Waals surface area contributed by atoms with Gasteiger partial charge in [-0.15, -0.1) is 0 Å². The quantitative estimate of drug-likeness (QED) is 0.483. The van der Waals surface area contributed by atoms with E-state index in [9.17, 15) is 0 Å². The summed E-state index contributed by atoms with van der Waals surface area (Å²) in [6, 6.07) is 13.6. The van der Waals surface area contributed by atoms with Crippen LogP contribution in [0.4, 0.5) is 5.82 Å². The maximum atomic E-state index is 8.95. The Labute approximate surface area is 150 Å². The van der Waals surface area contributed by atoms with Gasteiger partial charge < -0.3 is 19.3 Å². The van der Waals surface area contributed by atoms with Crippen LogP contribution in [-0.2, 0) is 0 Å². The Balaban J connectivity index is 1.86. The average molecular weight is 349 g/mol. The summed E-state index contributed by atoms with van der Waals surface area (Å²) in [6.07, 6.45) is 4.72. The number of rotatable bonds is 7. The normalized spacial score (nSPS) is 11.1. The van der Waals surface area contributed by atoms with Crippen LogP contribution in [0.1, 0.15) is 12.8 Å². The van der Waals surface area contributed by atoms with Crippen LogP contribution < -0.4 is 5.32 Å². The molecule has 2 N–H and O–H groups in total. The first kappa shape index (κ1) is 16.4. The highest BCUT2D eigenvalue weighted by atomic mass is 16.4. The molecule has 0 spiro atoms. The lowest BCUT2D eigenvalue weighted by Crippen LogP contribution is -2.04. The van der Waals surface area contributed by atoms with Gasteiger partial charge in [0.05, 0.1) is 17.2 Å². The van der Waals surface area contributed by atoms with Crippen LogP contribution >= 0.6 is 0 Å². The Bertz CT molecular complexity index is 978. The Morgan fingerprint density at radius 3 is 2.65 bits per heavy atom. The number of unbranched alkanes of at least 4 members (excludes halogenated alkanes) is 1. The maximum Gasteiger partial charge on any atom is 0.232 e. The molecular formula is C20H19N3O3. The first-order valence-corrected chi connectivity index (χ1v) is 8.60. The van der Waals surface area contributed by atoms with E-state index in [2.05, 4.69) is 15.3 Å². The first-order valence-electron chi connectivity index (χ1n) is 8.60. The predicted molar refractivity (Wildman–Crippen MR) is 99.8 cm³/mol. The van der Waals surface area contributed by atoms with Crippen LogP contribution in [0.25, 0.3) is 33.7 Å². The van der Waals surface area contributed by atoms with Crippen molar-refractivity contribution in [2.24, 2.45) is 0 Å². The van der Waals surface area contributed by atoms with Gasteiger partial charge in [0.2, 0.25) is 5.71 Å². The van der Waals surface area contributed by atoms with Crippen LogP contribution in [0.2, 0.25) is 0 Å². The van der Waals surface area contributed by atoms with Crippen molar-refractivity contribution in [3.05, 3.63) is 55.1 Å². The van der Waals surface area contributed by atoms with Crippen LogP contribution in [0, 0.1) is 0 Å². The molecule has 6 nitrogen and oxygen atoms in total. The zero-order chi connectivity index (χ0) is 17.8. The molecule has 3 heterocycles. The minimum absolute atomic E-state index is 0.183. The molecule has 0 aliphatic heterocycles. The average Bonchev–Trinajstić information content (AvgIpc) is 3.33. The molecule has 0 aliphatic rings. The van der Waals surface area contributed by atoms with E-state index in [1.165, 1.54) is 6.33 Å². The molecule has 0 aliphatic carbocycles. The van der Waals surface area contributed by atoms with Crippen molar-refractivity contribution in [2.75, 3.05) is 18.5 Å². The monoisotopic (exact) mass is 349 g/mol. The van der Waals surface area contributed by atoms with Crippen molar-refractivity contribution in [3.63, 3.8) is 0 Å². The molecule has 0 saturated carbocycles. The third-order valence-corrected chi connectivity index (χ3v) is 4.17. The van der Waals surface area contributed by atoms with Crippen LogP contribution in [-0.4, -0.2) is 28.2 Å². The Morgan fingerprint density at radius 2 is 1.88 bits per heavy atom. The van der Waals surface area contributed by atoms with E-state index in [1.54, 1.807) is 6.26 Å². The second-order valence-electron chi connectivity index (χ2n) is 5.91. The predicted octanol–water partition coefficient (Wildman–Crippen LogP) is 4.33. The highest BCUT2D eigenvalue weighted by Gasteiger charge is 2.23. The Morgan fingerprint density at radius 1 is 1.00 bits per heavy atom. The molecule has 26 heavy (non-hydrogen) atoms. The third-order valence-electron chi connectivity index (χ3n) is 4.17. The molecule has 0 unspecified atom stereocenters. The molecule has 0 fully saturated rings. The molecular weight excluding hydrogens is 330 g/mol. The summed E-state index contributed by atoms with van der Waals surface area (Å²) in [5.74, 6) is 2.11. The molecule has 0 bridgehead atoms. The standard InChI is InChI=1S/C20H19N3O3/c24-11-5-4-10-21-19-17-16(15-9-6-12-25-15)18(14-7-2-1-3-8-14)26-20(17)23-13-22-19/h1-3,6-9,12-13,24H,4-5,10-11H2,(H,21,22,23). The van der Waals surface area contributed by atoms with E-state index in [4.69, 9.17) is 13.9 Å². The van der Waals surface area contributed by atoms with Gasteiger partial charge in [-0.1, -0.05) is 30.3 Å². The number of furan rings is 2. The van der Waals surface area contributed by atoms with Crippen molar-refractivity contribution in [3.8, 4) is 22.6 Å². The summed E-state index contributed by atoms with van der Waals surface area (Å²) in [5.41, 5.74) is 2.29. The Kier molecular flexibility index (Phi) is 4.66. The molecule has 4 aromatic rings. The molecule has 3 aromatic heterocycles. The van der Waals surface area contributed by atoms with E-state index in [0.717, 1.165) is 29.4 Å². The van der Waals surface area contributed by atoms with Gasteiger partial charge in [0, 0.05) is 18.7 Å². The molecule has 132 valence electrons. The smallest absolute Gasteiger partial charge is 0.232 e. The minimum Gasteiger partial charge on any atom is -0.464 e. The fourth-order valence-electron chi connectivity index (χ4n) is 2.96. The van der Waals surface area contributed by atoms with Gasteiger partial charge in [0.25, 0.3) is 0 Å². The molecule has 6 heteroatoms. The van der Waals surface area contributed by atoms with Crippen LogP contribution in [0.3, 0.4) is 0 Å². The lowest BCUT2D eigenvalue weighted by molar-refractivity contribution is 0.286. The second kappa shape index (κ2) is 7.41. The highest BCUT2D eigenvalue weighted by Crippen LogP contribution is 2.42. The first-order chi connectivity index (χ1) is 12.9. The van der Waals surface area contributed by atoms with Crippen molar-refractivity contribution >= 4 is 16.9 Å². The van der Waals surface area contributed by atoms with Gasteiger partial charge >= 0.3 is 0 Å². The number of fused-ring (bicyclic) bond motifs is 1. The number of benzene rings is 1. The summed E-state index contributed by atoms with van der Waals surface area (Å²) >= 11 is 0. The summed E-state index contributed by atoms with van der Waals surface area (Å²) in [5, 5.41) is 13.1. The number of anilines is 1. The number of aliphatic hydroxyl groups excluding tert-OH is 1. The molecule has 0 amide bonds. The largest absolute Gasteiger partial charge is 0.464 e. The van der Waals surface area contributed by atoms with Gasteiger partial charge in [-0.25, -0.2) is 9.97 Å². The highest BCUT2D eigenvalue weighted by molar-refractivity contribution is 6.04. The van der Waals surface area contributed by atoms with Crippen molar-refractivity contribution in [1.82, 2.24) is 9.97 Å². The van der Waals surface area contributed by atoms with E-state index in [0.29, 0.717) is 29.6 Å². The van der Waals surface area contributed by atoms with E-state index in [1.807, 2.05) is 42.5 Å². The number of aliphatic hydroxyl groups is 1. The van der Waals surface area contributed by atoms with Crippen LogP contribution in [0.15, 0.2) is 63.9 Å². The van der Waals surface area contributed by atoms with Gasteiger partial charge in [0.1, 0.15) is 23.7 Å². The third kappa shape index (κ3) is 3.07. The second-order valence-corrected chi connectivity index (χ2v) is 5.91. The number of aromatic nitrogens is 2. The van der Waals surface area contributed by atoms with E-state index in [-0.39, 0.29) is 6.61 Å². The number of hydrogen-bond donors (Lipinski definition) is 2. The maximum absolute atomic E-state index is 8.95. The zero-order valence-corrected chi connectivity index (χ0v) is 14.2. The van der Waals surface area contributed by atoms with Crippen molar-refractivity contribution < 1.29 is 13.9 Å². The minimum atomic E-state index is 0.183. The van der Waals surface area contributed by atoms with Gasteiger partial charge in [-0.3, -0.25) is 0 Å². The van der Waals surface area contributed by atoms with Crippen molar-refractivity contribution in [1.29, 1.82) is 0 Å². The van der Waals surface area contributed by atoms with Gasteiger partial charge in [0.15, 0.2) is 0 Å². The fraction of sp³-hybridized carbons (Fsp3) is 0.200. The summed E-state index contributed by atoms with van der Waals surface area (Å²) in [7, 11) is 0. The number of nitrogens with one attached hydrogen (secondary N) is 1. The molecule has 0 radical (unpaired) electrons. The molecule has 0 atom stereocenters. The SMILES string of the molecule is OCCCCNc1ncnc2oc(-c3ccccc3)c(-c3ccco3)c12. The van der Waals surface area contributed by atoms with Crippen LogP contribution in [0.5, 0.6) is 0 Å². The van der Waals surface area contributed by atoms with E-state index >= 15 is 0 Å². The number of hydrogen-bond acceptors (Lipinski definition) is 6. The molecule has 0 saturated heterocycles. The summed E-state index contributed by atoms with van der Waals surface area (Å²) in [6.45, 7) is 0.887. The topological polar surface area (TPSA) is 84.3 Å². The van der Waals surface area contributed by atoms with E-state index < -0.39 is 0 Å². The lowest BCUT2D eigenvalue weighted by Gasteiger charge is -2.06. The van der Waals surface area contributed by atoms with Crippen molar-refractivity contribution in [2.45, 2.75) is 12.8 Å². The zero-order valence-electron chi connectivity index (χ0n) is 14.2. The summed E-state index contributed by atoms with van der Waals surface area (Å²) in [4.78, 5) is 8.70. The van der Waals surface area contributed by atoms with Gasteiger partial charge in [-0.05, 0) is 25.0 Å². The number of nitrogens with zero attached hydrogens (tertiary/aromatic N) is 2. The Hall–Kier alpha value is -3.12. The lowest BCUT2D eigenvalue weighted by atomic mass is 10.0. The summed E-state index contributed by atoms with van der Waals surface area (Å²) < 4.78 is 11.8. The van der Waals surface area contributed by atoms with Gasteiger partial charge in [-0.2, -0.15) is 0 Å². The molecule has 1 aromatic carbocycles.